The molecule has 0 aliphatic carbocycles. The fourth-order valence-electron chi connectivity index (χ4n) is 5.24. The topological polar surface area (TPSA) is 94.1 Å². The number of carbonyl (C=O) groups excluding carboxylic acids is 1. The fraction of sp³-hybridized carbons (Fsp3) is 0.425. The molecule has 258 valence electrons. The van der Waals surface area contributed by atoms with Crippen LogP contribution in [0, 0.1) is 19.8 Å². The summed E-state index contributed by atoms with van der Waals surface area (Å²) in [6.07, 6.45) is 2.87. The molecule has 0 spiro atoms. The Balaban J connectivity index is 0.000000378. The number of aryl methyl sites for hydroxylation is 2. The number of carbonyl (C=O) groups is 1. The average molecular weight is 675 g/mol. The molecular weight excluding hydrogens is 621 g/mol. The van der Waals surface area contributed by atoms with E-state index in [0.29, 0.717) is 29.8 Å². The van der Waals surface area contributed by atoms with E-state index in [0.717, 1.165) is 52.3 Å². The molecule has 1 atom stereocenters. The first-order valence-corrected chi connectivity index (χ1v) is 18.2. The molecule has 0 saturated heterocycles. The molecule has 0 radical (unpaired) electrons. The van der Waals surface area contributed by atoms with Crippen LogP contribution in [0.2, 0.25) is 0 Å². The van der Waals surface area contributed by atoms with E-state index >= 15 is 0 Å². The predicted octanol–water partition coefficient (Wildman–Crippen LogP) is 10.00. The maximum Gasteiger partial charge on any atom is 0.598 e. The van der Waals surface area contributed by atoms with Crippen LogP contribution in [0.5, 0.6) is 17.2 Å². The molecule has 0 amide bonds. The third-order valence-electron chi connectivity index (χ3n) is 8.79. The maximum absolute atomic E-state index is 12.6. The fourth-order valence-corrected chi connectivity index (χ4v) is 5.92. The van der Waals surface area contributed by atoms with Gasteiger partial charge in [-0.3, -0.25) is 9.32 Å². The van der Waals surface area contributed by atoms with Crippen LogP contribution in [-0.4, -0.2) is 36.6 Å². The van der Waals surface area contributed by atoms with Gasteiger partial charge in [-0.2, -0.15) is 0 Å². The summed E-state index contributed by atoms with van der Waals surface area (Å²) in [4.78, 5) is 11.5. The summed E-state index contributed by atoms with van der Waals surface area (Å²) < 4.78 is 29.4. The SMILES string of the molecule is CCC(CC)COC(=O)C(C)(C)NC.Cc1cc(OC[P+](=O)Oc2cccc3ccccc23)cc(C)c1Cc1ccc(O)c(C(C)C)c1. The number of ether oxygens (including phenoxy) is 2. The Morgan fingerprint density at radius 3 is 2.21 bits per heavy atom. The van der Waals surface area contributed by atoms with Gasteiger partial charge in [0.15, 0.2) is 5.75 Å². The monoisotopic (exact) mass is 674 g/mol. The first kappa shape index (κ1) is 38.5. The van der Waals surface area contributed by atoms with Crippen molar-refractivity contribution in [2.75, 3.05) is 20.0 Å². The number of esters is 1. The third-order valence-corrected chi connectivity index (χ3v) is 9.53. The molecule has 0 aliphatic heterocycles. The van der Waals surface area contributed by atoms with E-state index in [4.69, 9.17) is 14.0 Å². The Kier molecular flexibility index (Phi) is 14.4. The van der Waals surface area contributed by atoms with Crippen LogP contribution in [0.1, 0.15) is 88.1 Å². The second kappa shape index (κ2) is 18.0. The molecule has 0 bridgehead atoms. The van der Waals surface area contributed by atoms with Gasteiger partial charge >= 0.3 is 20.3 Å². The quantitative estimate of drug-likeness (QED) is 0.102. The zero-order valence-electron chi connectivity index (χ0n) is 30.1. The van der Waals surface area contributed by atoms with Crippen molar-refractivity contribution >= 4 is 24.8 Å². The first-order valence-electron chi connectivity index (χ1n) is 16.8. The molecule has 4 aromatic carbocycles. The number of aromatic hydroxyl groups is 1. The lowest BCUT2D eigenvalue weighted by atomic mass is 9.93. The summed E-state index contributed by atoms with van der Waals surface area (Å²) in [5.74, 6) is 2.20. The van der Waals surface area contributed by atoms with E-state index < -0.39 is 13.6 Å². The molecule has 48 heavy (non-hydrogen) atoms. The lowest BCUT2D eigenvalue weighted by Crippen LogP contribution is -2.46. The minimum absolute atomic E-state index is 0.0213. The second-order valence-corrected chi connectivity index (χ2v) is 14.2. The summed E-state index contributed by atoms with van der Waals surface area (Å²) in [7, 11) is -0.267. The second-order valence-electron chi connectivity index (χ2n) is 13.1. The van der Waals surface area contributed by atoms with Crippen molar-refractivity contribution in [1.29, 1.82) is 0 Å². The molecule has 7 nitrogen and oxygen atoms in total. The highest BCUT2D eigenvalue weighted by Crippen LogP contribution is 2.34. The van der Waals surface area contributed by atoms with Gasteiger partial charge in [-0.05, 0) is 115 Å². The highest BCUT2D eigenvalue weighted by Gasteiger charge is 2.27. The number of rotatable bonds is 14. The summed E-state index contributed by atoms with van der Waals surface area (Å²) in [6.45, 7) is 16.7. The van der Waals surface area contributed by atoms with Crippen molar-refractivity contribution in [3.05, 3.63) is 101 Å². The van der Waals surface area contributed by atoms with E-state index in [1.54, 1.807) is 13.1 Å². The van der Waals surface area contributed by atoms with Crippen molar-refractivity contribution in [3.63, 3.8) is 0 Å². The van der Waals surface area contributed by atoms with Crippen LogP contribution in [-0.2, 0) is 20.5 Å². The van der Waals surface area contributed by atoms with Crippen LogP contribution in [0.15, 0.2) is 72.8 Å². The Hall–Kier alpha value is -3.93. The van der Waals surface area contributed by atoms with Gasteiger partial charge < -0.3 is 19.9 Å². The number of fused-ring (bicyclic) bond motifs is 1. The minimum Gasteiger partial charge on any atom is -0.508 e. The maximum atomic E-state index is 12.6. The molecule has 1 unspecified atom stereocenters. The Morgan fingerprint density at radius 1 is 0.938 bits per heavy atom. The van der Waals surface area contributed by atoms with Crippen molar-refractivity contribution in [3.8, 4) is 17.2 Å². The van der Waals surface area contributed by atoms with E-state index in [2.05, 4.69) is 52.9 Å². The van der Waals surface area contributed by atoms with E-state index in [-0.39, 0.29) is 18.2 Å². The van der Waals surface area contributed by atoms with Crippen LogP contribution >= 0.6 is 8.03 Å². The zero-order chi connectivity index (χ0) is 35.4. The molecule has 4 rings (SSSR count). The summed E-state index contributed by atoms with van der Waals surface area (Å²) in [5.41, 5.74) is 4.99. The normalized spacial score (nSPS) is 11.7. The van der Waals surface area contributed by atoms with E-state index in [1.165, 1.54) is 5.56 Å². The van der Waals surface area contributed by atoms with Crippen LogP contribution < -0.4 is 14.6 Å². The standard InChI is InChI=1S/C29H29O4P.C11H23NO2/c1-19(2)26-16-22(12-13-28(26)30)17-27-20(3)14-24(15-21(27)4)32-18-34(31)33-29-11-7-9-23-8-5-6-10-25(23)29;1-6-9(7-2)8-14-10(13)11(3,4)12-5/h5-16,19H,17-18H2,1-4H3;9,12H,6-8H2,1-5H3/p+1. The summed E-state index contributed by atoms with van der Waals surface area (Å²) in [6, 6.07) is 23.4. The van der Waals surface area contributed by atoms with Crippen molar-refractivity contribution in [2.45, 2.75) is 86.1 Å². The number of phenolic OH excluding ortho intramolecular Hbond substituents is 1. The van der Waals surface area contributed by atoms with Crippen LogP contribution in [0.4, 0.5) is 0 Å². The summed E-state index contributed by atoms with van der Waals surface area (Å²) in [5, 5.41) is 15.0. The molecule has 2 N–H and O–H groups in total. The molecule has 0 aromatic heterocycles. The van der Waals surface area contributed by atoms with Gasteiger partial charge in [0, 0.05) is 5.39 Å². The lowest BCUT2D eigenvalue weighted by Gasteiger charge is -2.23. The highest BCUT2D eigenvalue weighted by molar-refractivity contribution is 7.39. The smallest absolute Gasteiger partial charge is 0.508 e. The van der Waals surface area contributed by atoms with Gasteiger partial charge in [-0.15, -0.1) is 0 Å². The van der Waals surface area contributed by atoms with Gasteiger partial charge in [0.25, 0.3) is 0 Å². The van der Waals surface area contributed by atoms with E-state index in [1.807, 2.05) is 74.5 Å². The Bertz CT molecular complexity index is 1650. The number of hydrogen-bond donors (Lipinski definition) is 2. The van der Waals surface area contributed by atoms with Crippen LogP contribution in [0.3, 0.4) is 0 Å². The molecule has 0 saturated carbocycles. The summed E-state index contributed by atoms with van der Waals surface area (Å²) >= 11 is 0. The van der Waals surface area contributed by atoms with Gasteiger partial charge in [0.05, 0.1) is 6.61 Å². The minimum atomic E-state index is -2.03. The molecule has 0 heterocycles. The number of likely N-dealkylation sites (N-methyl/N-ethyl adjacent to an activating group) is 1. The number of benzene rings is 4. The predicted molar refractivity (Wildman–Crippen MR) is 197 cm³/mol. The first-order chi connectivity index (χ1) is 22.8. The van der Waals surface area contributed by atoms with Crippen LogP contribution in [0.25, 0.3) is 10.8 Å². The highest BCUT2D eigenvalue weighted by atomic mass is 31.1. The van der Waals surface area contributed by atoms with Gasteiger partial charge in [-0.25, -0.2) is 0 Å². The largest absolute Gasteiger partial charge is 0.598 e. The molecule has 8 heteroatoms. The average Bonchev–Trinajstić information content (AvgIpc) is 3.06. The third kappa shape index (κ3) is 10.8. The van der Waals surface area contributed by atoms with E-state index in [9.17, 15) is 14.5 Å². The Labute approximate surface area is 287 Å². The Morgan fingerprint density at radius 2 is 1.58 bits per heavy atom. The lowest BCUT2D eigenvalue weighted by molar-refractivity contribution is -0.151. The van der Waals surface area contributed by atoms with Crippen molar-refractivity contribution in [2.24, 2.45) is 5.92 Å². The number of hydrogen-bond acceptors (Lipinski definition) is 7. The van der Waals surface area contributed by atoms with Gasteiger partial charge in [-0.1, -0.05) is 89.1 Å². The van der Waals surface area contributed by atoms with Gasteiger partial charge in [0.2, 0.25) is 0 Å². The number of phenols is 1. The molecule has 0 aliphatic rings. The number of nitrogens with one attached hydrogen (secondary N) is 1. The molecule has 4 aromatic rings. The zero-order valence-corrected chi connectivity index (χ0v) is 30.9. The van der Waals surface area contributed by atoms with Crippen molar-refractivity contribution in [1.82, 2.24) is 5.32 Å². The van der Waals surface area contributed by atoms with Gasteiger partial charge in [0.1, 0.15) is 17.0 Å². The van der Waals surface area contributed by atoms with Crippen molar-refractivity contribution < 1.29 is 28.5 Å². The molecule has 0 fully saturated rings. The molecular formula is C40H53NO6P+.